The van der Waals surface area contributed by atoms with Crippen LogP contribution in [0.5, 0.6) is 0 Å². The van der Waals surface area contributed by atoms with Gasteiger partial charge in [0.2, 0.25) is 0 Å². The molecule has 4 heteroatoms. The first-order chi connectivity index (χ1) is 28.3. The summed E-state index contributed by atoms with van der Waals surface area (Å²) in [5.74, 6) is 3.43. The van der Waals surface area contributed by atoms with Crippen LogP contribution in [0.4, 0.5) is 5.69 Å². The zero-order valence-electron chi connectivity index (χ0n) is 33.8. The van der Waals surface area contributed by atoms with Crippen molar-refractivity contribution in [2.75, 3.05) is 33.1 Å². The third kappa shape index (κ3) is 10.9. The summed E-state index contributed by atoms with van der Waals surface area (Å²) in [4.78, 5) is 2.08. The second-order valence-electron chi connectivity index (χ2n) is 14.0. The predicted octanol–water partition coefficient (Wildman–Crippen LogP) is 13.2. The van der Waals surface area contributed by atoms with Crippen LogP contribution in [-0.4, -0.2) is 38.5 Å². The average molecular weight is 759 g/mol. The fraction of sp³-hybridized carbons (Fsp3) is 0.0741. The van der Waals surface area contributed by atoms with Gasteiger partial charge in [0.25, 0.3) is 0 Å². The highest BCUT2D eigenvalue weighted by Crippen LogP contribution is 2.34. The zero-order valence-corrected chi connectivity index (χ0v) is 33.8. The van der Waals surface area contributed by atoms with Crippen molar-refractivity contribution >= 4 is 35.1 Å². The molecule has 0 spiro atoms. The molecular formula is C54H50N2O2+2. The summed E-state index contributed by atoms with van der Waals surface area (Å²) in [6.07, 6.45) is 16.5. The van der Waals surface area contributed by atoms with Gasteiger partial charge >= 0.3 is 11.5 Å². The van der Waals surface area contributed by atoms with Gasteiger partial charge in [0.05, 0.1) is 11.1 Å². The Bertz CT molecular complexity index is 2480. The Morgan fingerprint density at radius 3 is 1.36 bits per heavy atom. The number of anilines is 1. The number of allylic oxidation sites excluding steroid dienone is 8. The molecule has 0 N–H and O–H groups in total. The van der Waals surface area contributed by atoms with Crippen molar-refractivity contribution in [3.8, 4) is 22.6 Å². The molecule has 6 aromatic rings. The second-order valence-corrected chi connectivity index (χ2v) is 14.0. The second kappa shape index (κ2) is 20.0. The molecule has 0 unspecified atom stereocenters. The van der Waals surface area contributed by atoms with Gasteiger partial charge in [-0.15, -0.1) is 0 Å². The van der Waals surface area contributed by atoms with Gasteiger partial charge < -0.3 is 9.64 Å². The standard InChI is InChI=1S/C27H24NO.C19H15O.C8H11N/c1-4-20-10-12-23(13-11-20)27-19-24(21-14-16-25(17-15-21)28(2)3)18-26(29-27)22-8-6-5-7-9-22;1-2-15-11-13-17(14-12-15)19-10-6-9-18(20-19)16-7-4-3-5-8-16;1-9(2)8-6-4-3-5-7-8/h4-19H,1H2,2-3H3;2-14H,1H2;3-7H,1-2H3/q2*+1;. The molecule has 1 aromatic heterocycles. The molecule has 1 aliphatic heterocycles. The molecule has 4 nitrogen and oxygen atoms in total. The number of rotatable bonds is 7. The van der Waals surface area contributed by atoms with Crippen molar-refractivity contribution in [1.29, 1.82) is 0 Å². The highest BCUT2D eigenvalue weighted by molar-refractivity contribution is 6.02. The van der Waals surface area contributed by atoms with E-state index in [0.29, 0.717) is 0 Å². The van der Waals surface area contributed by atoms with Gasteiger partial charge in [-0.05, 0) is 89.0 Å². The average Bonchev–Trinajstić information content (AvgIpc) is 3.30. The van der Waals surface area contributed by atoms with Crippen LogP contribution in [0.3, 0.4) is 0 Å². The summed E-state index contributed by atoms with van der Waals surface area (Å²) in [7, 11) is 8.18. The quantitative estimate of drug-likeness (QED) is 0.120. The first kappa shape index (κ1) is 40.4. The van der Waals surface area contributed by atoms with Gasteiger partial charge in [-0.2, -0.15) is 0 Å². The third-order valence-electron chi connectivity index (χ3n) is 9.48. The smallest absolute Gasteiger partial charge is 0.360 e. The fourth-order valence-electron chi connectivity index (χ4n) is 6.12. The molecule has 0 saturated heterocycles. The lowest BCUT2D eigenvalue weighted by atomic mass is 9.97. The molecule has 2 heterocycles. The largest absolute Gasteiger partial charge is 0.456 e. The Kier molecular flexibility index (Phi) is 13.9. The van der Waals surface area contributed by atoms with Crippen molar-refractivity contribution in [3.05, 3.63) is 241 Å². The number of ether oxygens (including phenoxy) is 1. The maximum atomic E-state index is 6.31. The summed E-state index contributed by atoms with van der Waals surface area (Å²) < 4.78 is 14.4. The number of hydrogen-bond acceptors (Lipinski definition) is 2. The van der Waals surface area contributed by atoms with Crippen LogP contribution >= 0.6 is 0 Å². The molecule has 0 amide bonds. The Labute approximate surface area is 344 Å². The van der Waals surface area contributed by atoms with Gasteiger partial charge in [-0.1, -0.05) is 128 Å². The maximum absolute atomic E-state index is 6.31. The summed E-state index contributed by atoms with van der Waals surface area (Å²) in [5, 5.41) is 0. The summed E-state index contributed by atoms with van der Waals surface area (Å²) in [5.41, 5.74) is 11.2. The highest BCUT2D eigenvalue weighted by Gasteiger charge is 2.18. The number of hydrogen-bond donors (Lipinski definition) is 0. The van der Waals surface area contributed by atoms with Gasteiger partial charge in [0.1, 0.15) is 25.6 Å². The number of benzene rings is 5. The van der Waals surface area contributed by atoms with Crippen LogP contribution in [0.25, 0.3) is 46.3 Å². The molecule has 5 aromatic carbocycles. The summed E-state index contributed by atoms with van der Waals surface area (Å²) in [6, 6.07) is 53.0. The maximum Gasteiger partial charge on any atom is 0.360 e. The Morgan fingerprint density at radius 2 is 0.914 bits per heavy atom. The van der Waals surface area contributed by atoms with E-state index in [1.807, 2.05) is 135 Å². The van der Waals surface area contributed by atoms with E-state index in [4.69, 9.17) is 9.15 Å². The number of para-hydroxylation sites is 1. The Balaban J connectivity index is 0.000000168. The topological polar surface area (TPSA) is 26.8 Å². The molecule has 1 aliphatic carbocycles. The van der Waals surface area contributed by atoms with Crippen LogP contribution in [0.1, 0.15) is 22.3 Å². The Morgan fingerprint density at radius 1 is 0.483 bits per heavy atom. The molecule has 58 heavy (non-hydrogen) atoms. The van der Waals surface area contributed by atoms with Crippen molar-refractivity contribution in [1.82, 2.24) is 0 Å². The van der Waals surface area contributed by atoms with E-state index in [-0.39, 0.29) is 0 Å². The van der Waals surface area contributed by atoms with Crippen molar-refractivity contribution in [2.45, 2.75) is 0 Å². The van der Waals surface area contributed by atoms with E-state index in [1.54, 1.807) is 0 Å². The van der Waals surface area contributed by atoms with Crippen molar-refractivity contribution < 1.29 is 13.7 Å². The van der Waals surface area contributed by atoms with Crippen LogP contribution < -0.4 is 4.90 Å². The van der Waals surface area contributed by atoms with Gasteiger partial charge in [-0.25, -0.2) is 8.99 Å². The Hall–Kier alpha value is -7.30. The van der Waals surface area contributed by atoms with Gasteiger partial charge in [-0.3, -0.25) is 0 Å². The van der Waals surface area contributed by atoms with Crippen molar-refractivity contribution in [3.63, 3.8) is 0 Å². The van der Waals surface area contributed by atoms with Crippen LogP contribution in [0, 0.1) is 0 Å². The molecule has 0 radical (unpaired) electrons. The van der Waals surface area contributed by atoms with E-state index in [2.05, 4.69) is 122 Å². The first-order valence-corrected chi connectivity index (χ1v) is 19.3. The third-order valence-corrected chi connectivity index (χ3v) is 9.48. The van der Waals surface area contributed by atoms with E-state index < -0.39 is 0 Å². The van der Waals surface area contributed by atoms with Gasteiger partial charge in [0.15, 0.2) is 5.71 Å². The normalized spacial score (nSPS) is 12.7. The van der Waals surface area contributed by atoms with E-state index in [0.717, 1.165) is 67.6 Å². The summed E-state index contributed by atoms with van der Waals surface area (Å²) in [6.45, 7) is 7.60. The molecule has 0 bridgehead atoms. The zero-order chi connectivity index (χ0) is 40.7. The molecule has 0 atom stereocenters. The monoisotopic (exact) mass is 758 g/mol. The molecular weight excluding hydrogens is 709 g/mol. The van der Waals surface area contributed by atoms with Gasteiger partial charge in [0, 0.05) is 55.2 Å². The lowest BCUT2D eigenvalue weighted by Gasteiger charge is -2.20. The first-order valence-electron chi connectivity index (χ1n) is 19.3. The van der Waals surface area contributed by atoms with Crippen LogP contribution in [-0.2, 0) is 4.74 Å². The summed E-state index contributed by atoms with van der Waals surface area (Å²) >= 11 is 0. The SMILES string of the molecule is C=Cc1ccc(-c2cccc(-c3ccccc3)[o+]2)cc1.C=Cc1ccc(C2=CC(=C3C=CC(=[N+](C)C)C=C3)C=C(c3ccccc3)O2)cc1.CN(C)c1ccccc1. The van der Waals surface area contributed by atoms with Crippen LogP contribution in [0.15, 0.2) is 223 Å². The molecule has 286 valence electrons. The fourth-order valence-corrected chi connectivity index (χ4v) is 6.12. The molecule has 8 rings (SSSR count). The van der Waals surface area contributed by atoms with E-state index >= 15 is 0 Å². The lowest BCUT2D eigenvalue weighted by molar-refractivity contribution is -0.462. The predicted molar refractivity (Wildman–Crippen MR) is 247 cm³/mol. The minimum absolute atomic E-state index is 0.841. The van der Waals surface area contributed by atoms with E-state index in [1.165, 1.54) is 11.4 Å². The van der Waals surface area contributed by atoms with E-state index in [9.17, 15) is 0 Å². The molecule has 0 fully saturated rings. The minimum Gasteiger partial charge on any atom is -0.456 e. The molecule has 0 saturated carbocycles. The van der Waals surface area contributed by atoms with Crippen LogP contribution in [0.2, 0.25) is 0 Å². The highest BCUT2D eigenvalue weighted by atomic mass is 16.5. The molecule has 2 aliphatic rings. The van der Waals surface area contributed by atoms with Crippen molar-refractivity contribution in [2.24, 2.45) is 0 Å². The number of nitrogens with zero attached hydrogens (tertiary/aromatic N) is 2. The lowest BCUT2D eigenvalue weighted by Crippen LogP contribution is -2.10. The minimum atomic E-state index is 0.841.